The summed E-state index contributed by atoms with van der Waals surface area (Å²) in [6.07, 6.45) is 2.56. The summed E-state index contributed by atoms with van der Waals surface area (Å²) in [7, 11) is 0. The average molecular weight is 361 g/mol. The van der Waals surface area contributed by atoms with E-state index in [1.807, 2.05) is 55.5 Å². The summed E-state index contributed by atoms with van der Waals surface area (Å²) in [4.78, 5) is 12.2. The van der Waals surface area contributed by atoms with Gasteiger partial charge in [-0.1, -0.05) is 46.3 Å². The quantitative estimate of drug-likeness (QED) is 0.361. The molecule has 0 aromatic heterocycles. The summed E-state index contributed by atoms with van der Waals surface area (Å²) in [6.45, 7) is 2.51. The van der Waals surface area contributed by atoms with Crippen LogP contribution in [0.4, 0.5) is 0 Å². The third-order valence-corrected chi connectivity index (χ3v) is 4.09. The summed E-state index contributed by atoms with van der Waals surface area (Å²) in [5, 5.41) is 0.950. The third-order valence-electron chi connectivity index (χ3n) is 3.53. The predicted molar refractivity (Wildman–Crippen MR) is 93.9 cm³/mol. The van der Waals surface area contributed by atoms with Crippen molar-refractivity contribution in [1.82, 2.24) is 0 Å². The van der Waals surface area contributed by atoms with Gasteiger partial charge in [-0.2, -0.15) is 0 Å². The molecule has 0 spiro atoms. The summed E-state index contributed by atoms with van der Waals surface area (Å²) in [5.41, 5.74) is 2.92. The molecule has 0 saturated heterocycles. The van der Waals surface area contributed by atoms with Crippen LogP contribution in [0, 0.1) is 6.92 Å². The third kappa shape index (κ3) is 4.99. The molecule has 0 aliphatic rings. The van der Waals surface area contributed by atoms with Gasteiger partial charge in [0.2, 0.25) is 0 Å². The fourth-order valence-corrected chi connectivity index (χ4v) is 2.69. The Kier molecular flexibility index (Phi) is 6.66. The highest BCUT2D eigenvalue weighted by molar-refractivity contribution is 9.09. The van der Waals surface area contributed by atoms with Crippen LogP contribution in [-0.4, -0.2) is 11.1 Å². The van der Waals surface area contributed by atoms with E-state index in [0.717, 1.165) is 40.6 Å². The number of halogens is 1. The molecular formula is C19H21BrO2. The molecule has 0 aliphatic heterocycles. The maximum Gasteiger partial charge on any atom is 0.163 e. The Hall–Kier alpha value is -1.61. The number of carbonyl (C=O) groups is 1. The first-order chi connectivity index (χ1) is 10.7. The molecule has 3 heteroatoms. The number of carbonyl (C=O) groups excluding carboxylic acids is 1. The molecule has 22 heavy (non-hydrogen) atoms. The van der Waals surface area contributed by atoms with Crippen LogP contribution in [0.1, 0.15) is 40.7 Å². The van der Waals surface area contributed by atoms with Gasteiger partial charge in [0.05, 0.1) is 0 Å². The Balaban J connectivity index is 1.95. The average Bonchev–Trinajstić information content (AvgIpc) is 2.54. The highest BCUT2D eigenvalue weighted by atomic mass is 79.9. The Labute approximate surface area is 140 Å². The second kappa shape index (κ2) is 8.74. The molecule has 0 saturated carbocycles. The van der Waals surface area contributed by atoms with Crippen LogP contribution in [0.15, 0.2) is 48.5 Å². The maximum atomic E-state index is 12.2. The van der Waals surface area contributed by atoms with Crippen molar-refractivity contribution in [3.63, 3.8) is 0 Å². The number of alkyl halides is 1. The number of hydrogen-bond donors (Lipinski definition) is 0. The molecule has 116 valence electrons. The predicted octanol–water partition coefficient (Wildman–Crippen LogP) is 5.32. The van der Waals surface area contributed by atoms with Gasteiger partial charge in [-0.15, -0.1) is 0 Å². The van der Waals surface area contributed by atoms with Crippen LogP contribution < -0.4 is 4.74 Å². The summed E-state index contributed by atoms with van der Waals surface area (Å²) in [5.74, 6) is 1.02. The van der Waals surface area contributed by atoms with Gasteiger partial charge in [-0.3, -0.25) is 4.79 Å². The smallest absolute Gasteiger partial charge is 0.163 e. The number of benzene rings is 2. The van der Waals surface area contributed by atoms with E-state index >= 15 is 0 Å². The van der Waals surface area contributed by atoms with Crippen molar-refractivity contribution in [3.05, 3.63) is 65.2 Å². The van der Waals surface area contributed by atoms with E-state index in [9.17, 15) is 4.79 Å². The molecule has 0 unspecified atom stereocenters. The van der Waals surface area contributed by atoms with Crippen LogP contribution in [-0.2, 0) is 6.61 Å². The zero-order valence-corrected chi connectivity index (χ0v) is 14.4. The van der Waals surface area contributed by atoms with Crippen molar-refractivity contribution in [3.8, 4) is 5.75 Å². The minimum Gasteiger partial charge on any atom is -0.489 e. The van der Waals surface area contributed by atoms with Crippen molar-refractivity contribution in [2.45, 2.75) is 32.8 Å². The monoisotopic (exact) mass is 360 g/mol. The van der Waals surface area contributed by atoms with Crippen LogP contribution in [0.2, 0.25) is 0 Å². The Morgan fingerprint density at radius 2 is 1.86 bits per heavy atom. The minimum atomic E-state index is 0.216. The van der Waals surface area contributed by atoms with Gasteiger partial charge < -0.3 is 4.74 Å². The van der Waals surface area contributed by atoms with Gasteiger partial charge in [0, 0.05) is 17.3 Å². The number of Topliss-reactive ketones (excluding diaryl/α,β-unsaturated/α-hetero) is 1. The van der Waals surface area contributed by atoms with E-state index in [4.69, 9.17) is 4.74 Å². The summed E-state index contributed by atoms with van der Waals surface area (Å²) < 4.78 is 5.79. The molecule has 0 amide bonds. The second-order valence-electron chi connectivity index (χ2n) is 5.32. The van der Waals surface area contributed by atoms with Crippen molar-refractivity contribution in [2.75, 3.05) is 5.33 Å². The highest BCUT2D eigenvalue weighted by Crippen LogP contribution is 2.20. The van der Waals surface area contributed by atoms with Crippen molar-refractivity contribution in [2.24, 2.45) is 0 Å². The fraction of sp³-hybridized carbons (Fsp3) is 0.316. The maximum absolute atomic E-state index is 12.2. The van der Waals surface area contributed by atoms with Gasteiger partial charge in [-0.25, -0.2) is 0 Å². The molecule has 0 atom stereocenters. The lowest BCUT2D eigenvalue weighted by Gasteiger charge is -2.10. The molecule has 0 heterocycles. The molecule has 0 fully saturated rings. The Morgan fingerprint density at radius 1 is 1.09 bits per heavy atom. The molecule has 2 nitrogen and oxygen atoms in total. The number of hydrogen-bond acceptors (Lipinski definition) is 2. The SMILES string of the molecule is Cc1cc(OCc2ccccc2)ccc1C(=O)CCCCBr. The lowest BCUT2D eigenvalue weighted by molar-refractivity contribution is 0.0979. The normalized spacial score (nSPS) is 10.5. The van der Waals surface area contributed by atoms with Crippen LogP contribution >= 0.6 is 15.9 Å². The van der Waals surface area contributed by atoms with Crippen molar-refractivity contribution in [1.29, 1.82) is 0 Å². The topological polar surface area (TPSA) is 26.3 Å². The number of unbranched alkanes of at least 4 members (excludes halogenated alkanes) is 1. The van der Waals surface area contributed by atoms with Crippen LogP contribution in [0.5, 0.6) is 5.75 Å². The van der Waals surface area contributed by atoms with Crippen molar-refractivity contribution >= 4 is 21.7 Å². The van der Waals surface area contributed by atoms with E-state index in [-0.39, 0.29) is 5.78 Å². The zero-order chi connectivity index (χ0) is 15.8. The summed E-state index contributed by atoms with van der Waals surface area (Å²) in [6, 6.07) is 15.8. The molecule has 2 rings (SSSR count). The largest absolute Gasteiger partial charge is 0.489 e. The first kappa shape index (κ1) is 16.8. The molecule has 2 aromatic carbocycles. The Morgan fingerprint density at radius 3 is 2.55 bits per heavy atom. The van der Waals surface area contributed by atoms with E-state index in [0.29, 0.717) is 13.0 Å². The zero-order valence-electron chi connectivity index (χ0n) is 12.8. The van der Waals surface area contributed by atoms with Crippen LogP contribution in [0.3, 0.4) is 0 Å². The number of ketones is 1. The molecule has 0 bridgehead atoms. The van der Waals surface area contributed by atoms with E-state index in [2.05, 4.69) is 15.9 Å². The van der Waals surface area contributed by atoms with E-state index < -0.39 is 0 Å². The first-order valence-electron chi connectivity index (χ1n) is 7.57. The van der Waals surface area contributed by atoms with Gasteiger partial charge in [-0.05, 0) is 49.1 Å². The second-order valence-corrected chi connectivity index (χ2v) is 6.11. The highest BCUT2D eigenvalue weighted by Gasteiger charge is 2.09. The van der Waals surface area contributed by atoms with Gasteiger partial charge >= 0.3 is 0 Å². The standard InChI is InChI=1S/C19H21BrO2/c1-15-13-17(22-14-16-7-3-2-4-8-16)10-11-18(15)19(21)9-5-6-12-20/h2-4,7-8,10-11,13H,5-6,9,12,14H2,1H3. The van der Waals surface area contributed by atoms with Gasteiger partial charge in [0.15, 0.2) is 5.78 Å². The van der Waals surface area contributed by atoms with Gasteiger partial charge in [0.25, 0.3) is 0 Å². The van der Waals surface area contributed by atoms with Crippen molar-refractivity contribution < 1.29 is 9.53 Å². The number of rotatable bonds is 8. The fourth-order valence-electron chi connectivity index (χ4n) is 2.29. The van der Waals surface area contributed by atoms with E-state index in [1.54, 1.807) is 0 Å². The van der Waals surface area contributed by atoms with Gasteiger partial charge in [0.1, 0.15) is 12.4 Å². The Bertz CT molecular complexity index is 608. The van der Waals surface area contributed by atoms with E-state index in [1.165, 1.54) is 0 Å². The molecule has 0 radical (unpaired) electrons. The minimum absolute atomic E-state index is 0.216. The summed E-state index contributed by atoms with van der Waals surface area (Å²) >= 11 is 3.39. The first-order valence-corrected chi connectivity index (χ1v) is 8.69. The molecular weight excluding hydrogens is 340 g/mol. The molecule has 2 aromatic rings. The molecule has 0 aliphatic carbocycles. The lowest BCUT2D eigenvalue weighted by Crippen LogP contribution is -2.03. The number of aryl methyl sites for hydroxylation is 1. The number of ether oxygens (including phenoxy) is 1. The van der Waals surface area contributed by atoms with Crippen LogP contribution in [0.25, 0.3) is 0 Å². The lowest BCUT2D eigenvalue weighted by atomic mass is 10.0. The molecule has 0 N–H and O–H groups in total.